The van der Waals surface area contributed by atoms with Gasteiger partial charge >= 0.3 is 5.97 Å². The molecule has 0 amide bonds. The molecule has 0 unspecified atom stereocenters. The second-order valence-corrected chi connectivity index (χ2v) is 2.53. The van der Waals surface area contributed by atoms with Gasteiger partial charge < -0.3 is 10.8 Å². The highest BCUT2D eigenvalue weighted by atomic mass is 16.4. The van der Waals surface area contributed by atoms with Gasteiger partial charge in [-0.15, -0.1) is 0 Å². The van der Waals surface area contributed by atoms with Crippen LogP contribution in [0.4, 0.5) is 0 Å². The van der Waals surface area contributed by atoms with Crippen molar-refractivity contribution in [3.8, 4) is 0 Å². The second kappa shape index (κ2) is 2.84. The number of hydrogen-bond donors (Lipinski definition) is 2. The van der Waals surface area contributed by atoms with Crippen LogP contribution in [0.15, 0.2) is 12.2 Å². The summed E-state index contributed by atoms with van der Waals surface area (Å²) >= 11 is 0. The molecule has 0 aromatic heterocycles. The van der Waals surface area contributed by atoms with E-state index in [-0.39, 0.29) is 5.92 Å². The third-order valence-electron chi connectivity index (χ3n) is 1.80. The average Bonchev–Trinajstić information content (AvgIpc) is 2.36. The fourth-order valence-corrected chi connectivity index (χ4v) is 1.14. The Kier molecular flexibility index (Phi) is 2.06. The van der Waals surface area contributed by atoms with Crippen molar-refractivity contribution in [3.05, 3.63) is 12.2 Å². The van der Waals surface area contributed by atoms with Crippen LogP contribution in [0.5, 0.6) is 0 Å². The number of hydrogen-bond acceptors (Lipinski definition) is 2. The monoisotopic (exact) mass is 141 g/mol. The molecular formula is C7H11NO2. The van der Waals surface area contributed by atoms with Crippen molar-refractivity contribution in [3.63, 3.8) is 0 Å². The van der Waals surface area contributed by atoms with E-state index in [2.05, 4.69) is 0 Å². The third kappa shape index (κ3) is 1.36. The van der Waals surface area contributed by atoms with Gasteiger partial charge in [0, 0.05) is 5.92 Å². The van der Waals surface area contributed by atoms with E-state index in [1.807, 2.05) is 12.2 Å². The van der Waals surface area contributed by atoms with Gasteiger partial charge in [0.05, 0.1) is 0 Å². The quantitative estimate of drug-likeness (QED) is 0.546. The SMILES string of the molecule is N[C@H](C(=O)O)[C@H]1C=CCC1. The number of nitrogens with two attached hydrogens (primary N) is 1. The van der Waals surface area contributed by atoms with Gasteiger partial charge in [0.2, 0.25) is 0 Å². The lowest BCUT2D eigenvalue weighted by Crippen LogP contribution is -2.36. The first-order valence-electron chi connectivity index (χ1n) is 3.37. The Morgan fingerprint density at radius 1 is 1.80 bits per heavy atom. The van der Waals surface area contributed by atoms with Crippen molar-refractivity contribution in [2.75, 3.05) is 0 Å². The Labute approximate surface area is 59.5 Å². The molecule has 0 fully saturated rings. The summed E-state index contributed by atoms with van der Waals surface area (Å²) in [4.78, 5) is 10.3. The Morgan fingerprint density at radius 2 is 2.50 bits per heavy atom. The standard InChI is InChI=1S/C7H11NO2/c8-6(7(9)10)5-3-1-2-4-5/h1,3,5-6H,2,4,8H2,(H,9,10)/t5-,6-/m0/s1. The maximum Gasteiger partial charge on any atom is 0.321 e. The Hall–Kier alpha value is -0.830. The molecule has 3 N–H and O–H groups in total. The van der Waals surface area contributed by atoms with Crippen LogP contribution >= 0.6 is 0 Å². The van der Waals surface area contributed by atoms with Gasteiger partial charge in [-0.2, -0.15) is 0 Å². The zero-order chi connectivity index (χ0) is 7.56. The molecule has 1 rings (SSSR count). The van der Waals surface area contributed by atoms with Gasteiger partial charge in [0.25, 0.3) is 0 Å². The van der Waals surface area contributed by atoms with E-state index in [0.29, 0.717) is 0 Å². The van der Waals surface area contributed by atoms with Crippen LogP contribution in [0, 0.1) is 5.92 Å². The van der Waals surface area contributed by atoms with Gasteiger partial charge in [-0.3, -0.25) is 4.79 Å². The molecule has 10 heavy (non-hydrogen) atoms. The lowest BCUT2D eigenvalue weighted by atomic mass is 10.0. The van der Waals surface area contributed by atoms with E-state index in [4.69, 9.17) is 10.8 Å². The number of allylic oxidation sites excluding steroid dienone is 1. The van der Waals surface area contributed by atoms with Crippen LogP contribution in [0.3, 0.4) is 0 Å². The normalized spacial score (nSPS) is 26.7. The lowest BCUT2D eigenvalue weighted by molar-refractivity contribution is -0.139. The van der Waals surface area contributed by atoms with Gasteiger partial charge in [0.15, 0.2) is 0 Å². The molecule has 0 bridgehead atoms. The Balaban J connectivity index is 2.48. The summed E-state index contributed by atoms with van der Waals surface area (Å²) in [6, 6.07) is -0.709. The van der Waals surface area contributed by atoms with Crippen LogP contribution in [0.25, 0.3) is 0 Å². The zero-order valence-corrected chi connectivity index (χ0v) is 5.66. The number of aliphatic carboxylic acids is 1. The van der Waals surface area contributed by atoms with E-state index < -0.39 is 12.0 Å². The van der Waals surface area contributed by atoms with Gasteiger partial charge in [0.1, 0.15) is 6.04 Å². The van der Waals surface area contributed by atoms with E-state index >= 15 is 0 Å². The molecule has 0 saturated heterocycles. The lowest BCUT2D eigenvalue weighted by Gasteiger charge is -2.11. The van der Waals surface area contributed by atoms with Gasteiger partial charge in [-0.05, 0) is 12.8 Å². The first kappa shape index (κ1) is 7.28. The first-order valence-corrected chi connectivity index (χ1v) is 3.37. The van der Waals surface area contributed by atoms with Crippen molar-refractivity contribution >= 4 is 5.97 Å². The largest absolute Gasteiger partial charge is 0.480 e. The number of carboxylic acids is 1. The summed E-state index contributed by atoms with van der Waals surface area (Å²) in [7, 11) is 0. The van der Waals surface area contributed by atoms with Crippen LogP contribution in [-0.2, 0) is 4.79 Å². The molecule has 0 saturated carbocycles. The highest BCUT2D eigenvalue weighted by Gasteiger charge is 2.23. The molecule has 0 aliphatic heterocycles. The van der Waals surface area contributed by atoms with E-state index in [1.54, 1.807) is 0 Å². The highest BCUT2D eigenvalue weighted by Crippen LogP contribution is 2.19. The third-order valence-corrected chi connectivity index (χ3v) is 1.80. The smallest absolute Gasteiger partial charge is 0.321 e. The Bertz CT molecular complexity index is 165. The second-order valence-electron chi connectivity index (χ2n) is 2.53. The van der Waals surface area contributed by atoms with Crippen LogP contribution < -0.4 is 5.73 Å². The summed E-state index contributed by atoms with van der Waals surface area (Å²) in [5, 5.41) is 8.48. The summed E-state index contributed by atoms with van der Waals surface area (Å²) in [5.74, 6) is -0.853. The van der Waals surface area contributed by atoms with Crippen molar-refractivity contribution in [1.29, 1.82) is 0 Å². The molecular weight excluding hydrogens is 130 g/mol. The van der Waals surface area contributed by atoms with E-state index in [0.717, 1.165) is 12.8 Å². The molecule has 56 valence electrons. The number of carboxylic acid groups (broad SMARTS) is 1. The topological polar surface area (TPSA) is 63.3 Å². The molecule has 1 aliphatic rings. The maximum atomic E-state index is 10.3. The van der Waals surface area contributed by atoms with Crippen LogP contribution in [0.2, 0.25) is 0 Å². The van der Waals surface area contributed by atoms with Crippen molar-refractivity contribution in [1.82, 2.24) is 0 Å². The van der Waals surface area contributed by atoms with E-state index in [9.17, 15) is 4.79 Å². The minimum Gasteiger partial charge on any atom is -0.480 e. The molecule has 2 atom stereocenters. The minimum atomic E-state index is -0.906. The van der Waals surface area contributed by atoms with Gasteiger partial charge in [-0.1, -0.05) is 12.2 Å². The fourth-order valence-electron chi connectivity index (χ4n) is 1.14. The summed E-state index contributed by atoms with van der Waals surface area (Å²) in [5.41, 5.74) is 5.37. The molecule has 0 aromatic carbocycles. The molecule has 3 nitrogen and oxygen atoms in total. The van der Waals surface area contributed by atoms with Crippen LogP contribution in [0.1, 0.15) is 12.8 Å². The molecule has 3 heteroatoms. The number of carbonyl (C=O) groups is 1. The molecule has 0 heterocycles. The predicted octanol–water partition coefficient (Wildman–Crippen LogP) is 0.364. The molecule has 0 aromatic rings. The van der Waals surface area contributed by atoms with Crippen molar-refractivity contribution < 1.29 is 9.90 Å². The number of rotatable bonds is 2. The predicted molar refractivity (Wildman–Crippen MR) is 37.5 cm³/mol. The minimum absolute atomic E-state index is 0.0532. The van der Waals surface area contributed by atoms with E-state index in [1.165, 1.54) is 0 Å². The van der Waals surface area contributed by atoms with Crippen molar-refractivity contribution in [2.24, 2.45) is 11.7 Å². The van der Waals surface area contributed by atoms with Gasteiger partial charge in [-0.25, -0.2) is 0 Å². The first-order chi connectivity index (χ1) is 4.72. The fraction of sp³-hybridized carbons (Fsp3) is 0.571. The van der Waals surface area contributed by atoms with Crippen LogP contribution in [-0.4, -0.2) is 17.1 Å². The average molecular weight is 141 g/mol. The molecule has 0 spiro atoms. The molecule has 1 aliphatic carbocycles. The summed E-state index contributed by atoms with van der Waals surface area (Å²) < 4.78 is 0. The van der Waals surface area contributed by atoms with Crippen molar-refractivity contribution in [2.45, 2.75) is 18.9 Å². The zero-order valence-electron chi connectivity index (χ0n) is 5.66. The maximum absolute atomic E-state index is 10.3. The Morgan fingerprint density at radius 3 is 2.90 bits per heavy atom. The summed E-state index contributed by atoms with van der Waals surface area (Å²) in [6.07, 6.45) is 5.71. The highest BCUT2D eigenvalue weighted by molar-refractivity contribution is 5.73. The molecule has 0 radical (unpaired) electrons. The summed E-state index contributed by atoms with van der Waals surface area (Å²) in [6.45, 7) is 0.